The van der Waals surface area contributed by atoms with Gasteiger partial charge in [0, 0.05) is 0 Å². The molecule has 120 valence electrons. The Hall–Kier alpha value is -3.28. The summed E-state index contributed by atoms with van der Waals surface area (Å²) >= 11 is 0. The summed E-state index contributed by atoms with van der Waals surface area (Å²) in [5.74, 6) is -1.05. The number of carbonyl (C=O) groups excluding carboxylic acids is 1. The third-order valence-electron chi connectivity index (χ3n) is 3.24. The topological polar surface area (TPSA) is 54.6 Å². The van der Waals surface area contributed by atoms with E-state index in [1.165, 1.54) is 30.5 Å². The Labute approximate surface area is 136 Å². The SMILES string of the molecule is O=C(N/N=C\c1ccc(-c2ccccc2F)o1)c1ccccc1F. The molecule has 1 amide bonds. The van der Waals surface area contributed by atoms with E-state index in [0.29, 0.717) is 17.1 Å². The van der Waals surface area contributed by atoms with Gasteiger partial charge in [-0.25, -0.2) is 14.2 Å². The van der Waals surface area contributed by atoms with Crippen LogP contribution in [0.25, 0.3) is 11.3 Å². The number of furan rings is 1. The van der Waals surface area contributed by atoms with Crippen LogP contribution in [0, 0.1) is 11.6 Å². The minimum atomic E-state index is -0.676. The molecule has 0 radical (unpaired) electrons. The van der Waals surface area contributed by atoms with Crippen LogP contribution in [0.2, 0.25) is 0 Å². The Kier molecular flexibility index (Phi) is 4.47. The largest absolute Gasteiger partial charge is 0.455 e. The second kappa shape index (κ2) is 6.87. The average Bonchev–Trinajstić information content (AvgIpc) is 3.04. The third-order valence-corrected chi connectivity index (χ3v) is 3.24. The predicted octanol–water partition coefficient (Wildman–Crippen LogP) is 3.99. The summed E-state index contributed by atoms with van der Waals surface area (Å²) in [6, 6.07) is 15.0. The Bertz CT molecular complexity index is 903. The molecule has 0 bridgehead atoms. The van der Waals surface area contributed by atoms with E-state index in [2.05, 4.69) is 10.5 Å². The lowest BCUT2D eigenvalue weighted by Crippen LogP contribution is -2.18. The second-order valence-electron chi connectivity index (χ2n) is 4.86. The number of amides is 1. The maximum Gasteiger partial charge on any atom is 0.274 e. The van der Waals surface area contributed by atoms with Crippen molar-refractivity contribution in [2.45, 2.75) is 0 Å². The van der Waals surface area contributed by atoms with Gasteiger partial charge in [0.2, 0.25) is 0 Å². The Balaban J connectivity index is 1.69. The van der Waals surface area contributed by atoms with Crippen molar-refractivity contribution < 1.29 is 18.0 Å². The zero-order chi connectivity index (χ0) is 16.9. The van der Waals surface area contributed by atoms with Gasteiger partial charge in [-0.15, -0.1) is 0 Å². The number of hydrazone groups is 1. The number of benzene rings is 2. The van der Waals surface area contributed by atoms with Crippen molar-refractivity contribution in [3.63, 3.8) is 0 Å². The zero-order valence-corrected chi connectivity index (χ0v) is 12.4. The molecule has 0 aliphatic heterocycles. The molecule has 1 aromatic heterocycles. The van der Waals surface area contributed by atoms with Gasteiger partial charge in [-0.3, -0.25) is 4.79 Å². The number of halogens is 2. The summed E-state index contributed by atoms with van der Waals surface area (Å²) in [4.78, 5) is 11.8. The van der Waals surface area contributed by atoms with Gasteiger partial charge in [0.05, 0.1) is 17.3 Å². The molecule has 3 rings (SSSR count). The number of nitrogens with one attached hydrogen (secondary N) is 1. The highest BCUT2D eigenvalue weighted by Gasteiger charge is 2.10. The molecule has 1 heterocycles. The molecule has 1 N–H and O–H groups in total. The molecule has 0 unspecified atom stereocenters. The fourth-order valence-electron chi connectivity index (χ4n) is 2.09. The summed E-state index contributed by atoms with van der Waals surface area (Å²) in [5, 5.41) is 3.71. The maximum atomic E-state index is 13.7. The molecular formula is C18H12F2N2O2. The van der Waals surface area contributed by atoms with Crippen molar-refractivity contribution in [3.8, 4) is 11.3 Å². The van der Waals surface area contributed by atoms with Gasteiger partial charge in [-0.2, -0.15) is 5.10 Å². The van der Waals surface area contributed by atoms with E-state index in [9.17, 15) is 13.6 Å². The van der Waals surface area contributed by atoms with Crippen LogP contribution in [0.5, 0.6) is 0 Å². The normalized spacial score (nSPS) is 10.9. The first-order valence-corrected chi connectivity index (χ1v) is 7.08. The van der Waals surface area contributed by atoms with E-state index in [1.54, 1.807) is 36.4 Å². The first-order chi connectivity index (χ1) is 11.6. The first kappa shape index (κ1) is 15.6. The molecule has 0 aliphatic carbocycles. The number of hydrogen-bond acceptors (Lipinski definition) is 3. The van der Waals surface area contributed by atoms with Crippen LogP contribution >= 0.6 is 0 Å². The molecule has 0 fully saturated rings. The number of nitrogens with zero attached hydrogens (tertiary/aromatic N) is 1. The average molecular weight is 326 g/mol. The van der Waals surface area contributed by atoms with Crippen molar-refractivity contribution in [2.75, 3.05) is 0 Å². The first-order valence-electron chi connectivity index (χ1n) is 7.08. The summed E-state index contributed by atoms with van der Waals surface area (Å²) in [5.41, 5.74) is 2.42. The molecular weight excluding hydrogens is 314 g/mol. The molecule has 0 spiro atoms. The molecule has 24 heavy (non-hydrogen) atoms. The van der Waals surface area contributed by atoms with Crippen molar-refractivity contribution in [1.82, 2.24) is 5.43 Å². The van der Waals surface area contributed by atoms with E-state index in [0.717, 1.165) is 0 Å². The monoisotopic (exact) mass is 326 g/mol. The van der Waals surface area contributed by atoms with Crippen LogP contribution in [-0.4, -0.2) is 12.1 Å². The minimum absolute atomic E-state index is 0.110. The van der Waals surface area contributed by atoms with E-state index in [4.69, 9.17) is 4.42 Å². The van der Waals surface area contributed by atoms with Gasteiger partial charge >= 0.3 is 0 Å². The lowest BCUT2D eigenvalue weighted by atomic mass is 10.1. The fraction of sp³-hybridized carbons (Fsp3) is 0. The lowest BCUT2D eigenvalue weighted by molar-refractivity contribution is 0.0951. The third kappa shape index (κ3) is 3.38. The van der Waals surface area contributed by atoms with Gasteiger partial charge in [0.25, 0.3) is 5.91 Å². The molecule has 2 aromatic carbocycles. The second-order valence-corrected chi connectivity index (χ2v) is 4.86. The highest BCUT2D eigenvalue weighted by atomic mass is 19.1. The summed E-state index contributed by atoms with van der Waals surface area (Å²) < 4.78 is 32.6. The van der Waals surface area contributed by atoms with Crippen LogP contribution in [0.4, 0.5) is 8.78 Å². The van der Waals surface area contributed by atoms with Gasteiger partial charge in [0.1, 0.15) is 23.2 Å². The van der Waals surface area contributed by atoms with Gasteiger partial charge in [0.15, 0.2) is 0 Å². The van der Waals surface area contributed by atoms with Gasteiger partial charge in [-0.1, -0.05) is 24.3 Å². The summed E-state index contributed by atoms with van der Waals surface area (Å²) in [7, 11) is 0. The summed E-state index contributed by atoms with van der Waals surface area (Å²) in [6.45, 7) is 0. The van der Waals surface area contributed by atoms with Crippen molar-refractivity contribution in [1.29, 1.82) is 0 Å². The van der Waals surface area contributed by atoms with Gasteiger partial charge in [-0.05, 0) is 36.4 Å². The summed E-state index contributed by atoms with van der Waals surface area (Å²) in [6.07, 6.45) is 1.25. The molecule has 3 aromatic rings. The predicted molar refractivity (Wildman–Crippen MR) is 85.6 cm³/mol. The lowest BCUT2D eigenvalue weighted by Gasteiger charge is -2.00. The molecule has 0 saturated heterocycles. The Morgan fingerprint density at radius 3 is 2.42 bits per heavy atom. The smallest absolute Gasteiger partial charge is 0.274 e. The van der Waals surface area contributed by atoms with Gasteiger partial charge < -0.3 is 4.42 Å². The highest BCUT2D eigenvalue weighted by molar-refractivity contribution is 5.94. The molecule has 0 saturated carbocycles. The van der Waals surface area contributed by atoms with Crippen molar-refractivity contribution in [2.24, 2.45) is 5.10 Å². The van der Waals surface area contributed by atoms with E-state index < -0.39 is 17.5 Å². The molecule has 6 heteroatoms. The molecule has 0 atom stereocenters. The molecule has 4 nitrogen and oxygen atoms in total. The van der Waals surface area contributed by atoms with Crippen LogP contribution in [0.15, 0.2) is 70.2 Å². The Morgan fingerprint density at radius 1 is 0.958 bits per heavy atom. The minimum Gasteiger partial charge on any atom is -0.455 e. The van der Waals surface area contributed by atoms with Crippen LogP contribution in [-0.2, 0) is 0 Å². The van der Waals surface area contributed by atoms with Crippen LogP contribution in [0.3, 0.4) is 0 Å². The van der Waals surface area contributed by atoms with Crippen molar-refractivity contribution >= 4 is 12.1 Å². The van der Waals surface area contributed by atoms with Crippen molar-refractivity contribution in [3.05, 3.63) is 83.6 Å². The van der Waals surface area contributed by atoms with E-state index in [-0.39, 0.29) is 5.56 Å². The van der Waals surface area contributed by atoms with Crippen LogP contribution in [0.1, 0.15) is 16.1 Å². The number of rotatable bonds is 4. The quantitative estimate of drug-likeness (QED) is 0.582. The fourth-order valence-corrected chi connectivity index (χ4v) is 2.09. The number of hydrogen-bond donors (Lipinski definition) is 1. The number of carbonyl (C=O) groups is 1. The molecule has 0 aliphatic rings. The highest BCUT2D eigenvalue weighted by Crippen LogP contribution is 2.24. The van der Waals surface area contributed by atoms with Crippen LogP contribution < -0.4 is 5.43 Å². The Morgan fingerprint density at radius 2 is 1.67 bits per heavy atom. The zero-order valence-electron chi connectivity index (χ0n) is 12.4. The van der Waals surface area contributed by atoms with E-state index in [1.807, 2.05) is 0 Å². The maximum absolute atomic E-state index is 13.7. The standard InChI is InChI=1S/C18H12F2N2O2/c19-15-7-3-1-5-13(15)17-10-9-12(24-17)11-21-22-18(23)14-6-2-4-8-16(14)20/h1-11H,(H,22,23)/b21-11-. The van der Waals surface area contributed by atoms with E-state index >= 15 is 0 Å².